The van der Waals surface area contributed by atoms with Gasteiger partial charge in [-0.15, -0.1) is 0 Å². The molecule has 0 heterocycles. The van der Waals surface area contributed by atoms with Gasteiger partial charge in [0.15, 0.2) is 0 Å². The minimum absolute atomic E-state index is 0.987. The number of hydrogen-bond donors (Lipinski definition) is 1. The number of hydrogen-bond acceptors (Lipinski definition) is 1. The van der Waals surface area contributed by atoms with E-state index in [2.05, 4.69) is 19.2 Å². The molecule has 1 N–H and O–H groups in total. The third kappa shape index (κ3) is 3.73. The van der Waals surface area contributed by atoms with Gasteiger partial charge in [-0.25, -0.2) is 0 Å². The molecule has 2 rings (SSSR count). The first-order chi connectivity index (χ1) is 8.85. The van der Waals surface area contributed by atoms with Gasteiger partial charge in [0.1, 0.15) is 0 Å². The molecular formula is C17H33N. The lowest BCUT2D eigenvalue weighted by Crippen LogP contribution is -2.36. The lowest BCUT2D eigenvalue weighted by molar-refractivity contribution is 0.115. The lowest BCUT2D eigenvalue weighted by Gasteiger charge is -2.40. The minimum Gasteiger partial charge on any atom is -0.317 e. The first-order valence-electron chi connectivity index (χ1n) is 8.55. The maximum atomic E-state index is 3.62. The van der Waals surface area contributed by atoms with Crippen LogP contribution in [0.4, 0.5) is 0 Å². The van der Waals surface area contributed by atoms with Crippen molar-refractivity contribution in [1.29, 1.82) is 0 Å². The largest absolute Gasteiger partial charge is 0.317 e. The molecule has 1 nitrogen and oxygen atoms in total. The van der Waals surface area contributed by atoms with E-state index in [1.807, 2.05) is 0 Å². The van der Waals surface area contributed by atoms with Crippen LogP contribution >= 0.6 is 0 Å². The standard InChI is InChI=1S/C17H33N/c1-3-7-14-10-11-16(13-18-4-2)17(12-14)15-8-5-6-9-15/h14-18H,3-13H2,1-2H3. The van der Waals surface area contributed by atoms with Gasteiger partial charge in [0.25, 0.3) is 0 Å². The Kier molecular flexibility index (Phi) is 6.01. The molecule has 2 aliphatic carbocycles. The second-order valence-corrected chi connectivity index (χ2v) is 6.74. The molecular weight excluding hydrogens is 218 g/mol. The van der Waals surface area contributed by atoms with Gasteiger partial charge >= 0.3 is 0 Å². The highest BCUT2D eigenvalue weighted by atomic mass is 14.8. The third-order valence-corrected chi connectivity index (χ3v) is 5.52. The van der Waals surface area contributed by atoms with Crippen LogP contribution in [-0.4, -0.2) is 13.1 Å². The maximum Gasteiger partial charge on any atom is -0.00179 e. The normalized spacial score (nSPS) is 34.0. The summed E-state index contributed by atoms with van der Waals surface area (Å²) in [5, 5.41) is 3.62. The fourth-order valence-corrected chi connectivity index (χ4v) is 4.58. The van der Waals surface area contributed by atoms with Gasteiger partial charge in [-0.3, -0.25) is 0 Å². The van der Waals surface area contributed by atoms with Crippen LogP contribution in [0.25, 0.3) is 0 Å². The fraction of sp³-hybridized carbons (Fsp3) is 1.00. The molecule has 0 spiro atoms. The predicted octanol–water partition coefficient (Wildman–Crippen LogP) is 4.62. The quantitative estimate of drug-likeness (QED) is 0.726. The van der Waals surface area contributed by atoms with E-state index in [1.54, 1.807) is 6.42 Å². The maximum absolute atomic E-state index is 3.62. The van der Waals surface area contributed by atoms with Gasteiger partial charge in [0.05, 0.1) is 0 Å². The smallest absolute Gasteiger partial charge is 0.00179 e. The molecule has 0 aromatic heterocycles. The highest BCUT2D eigenvalue weighted by Gasteiger charge is 2.35. The summed E-state index contributed by atoms with van der Waals surface area (Å²) in [4.78, 5) is 0. The highest BCUT2D eigenvalue weighted by Crippen LogP contribution is 2.45. The summed E-state index contributed by atoms with van der Waals surface area (Å²) in [6, 6.07) is 0. The van der Waals surface area contributed by atoms with Crippen molar-refractivity contribution in [2.75, 3.05) is 13.1 Å². The highest BCUT2D eigenvalue weighted by molar-refractivity contribution is 4.87. The third-order valence-electron chi connectivity index (χ3n) is 5.52. The van der Waals surface area contributed by atoms with Crippen molar-refractivity contribution < 1.29 is 0 Å². The topological polar surface area (TPSA) is 12.0 Å². The first kappa shape index (κ1) is 14.4. The predicted molar refractivity (Wildman–Crippen MR) is 79.7 cm³/mol. The molecule has 106 valence electrons. The molecule has 1 heteroatoms. The van der Waals surface area contributed by atoms with Crippen molar-refractivity contribution in [2.24, 2.45) is 23.7 Å². The monoisotopic (exact) mass is 251 g/mol. The van der Waals surface area contributed by atoms with Gasteiger partial charge in [0.2, 0.25) is 0 Å². The zero-order chi connectivity index (χ0) is 12.8. The van der Waals surface area contributed by atoms with Crippen LogP contribution < -0.4 is 5.32 Å². The van der Waals surface area contributed by atoms with E-state index < -0.39 is 0 Å². The van der Waals surface area contributed by atoms with E-state index in [0.29, 0.717) is 0 Å². The molecule has 0 aliphatic heterocycles. The molecule has 0 bridgehead atoms. The average Bonchev–Trinajstić information content (AvgIpc) is 2.91. The zero-order valence-electron chi connectivity index (χ0n) is 12.6. The van der Waals surface area contributed by atoms with Gasteiger partial charge in [-0.05, 0) is 49.6 Å². The van der Waals surface area contributed by atoms with Crippen molar-refractivity contribution in [2.45, 2.75) is 71.6 Å². The summed E-state index contributed by atoms with van der Waals surface area (Å²) in [5.74, 6) is 4.17. The molecule has 0 aromatic rings. The van der Waals surface area contributed by atoms with Crippen molar-refractivity contribution in [3.8, 4) is 0 Å². The van der Waals surface area contributed by atoms with Gasteiger partial charge in [-0.1, -0.05) is 58.8 Å². The Bertz CT molecular complexity index is 220. The van der Waals surface area contributed by atoms with Crippen LogP contribution in [0.15, 0.2) is 0 Å². The Morgan fingerprint density at radius 2 is 1.78 bits per heavy atom. The molecule has 0 aromatic carbocycles. The molecule has 0 radical (unpaired) electrons. The van der Waals surface area contributed by atoms with Crippen LogP contribution in [0.2, 0.25) is 0 Å². The van der Waals surface area contributed by atoms with Crippen molar-refractivity contribution >= 4 is 0 Å². The van der Waals surface area contributed by atoms with Crippen LogP contribution in [0.1, 0.15) is 71.6 Å². The van der Waals surface area contributed by atoms with Gasteiger partial charge < -0.3 is 5.32 Å². The second kappa shape index (κ2) is 7.53. The van der Waals surface area contributed by atoms with Crippen LogP contribution in [0, 0.1) is 23.7 Å². The summed E-state index contributed by atoms with van der Waals surface area (Å²) in [6.45, 7) is 7.03. The summed E-state index contributed by atoms with van der Waals surface area (Å²) >= 11 is 0. The fourth-order valence-electron chi connectivity index (χ4n) is 4.58. The number of nitrogens with one attached hydrogen (secondary N) is 1. The molecule has 2 fully saturated rings. The molecule has 0 amide bonds. The van der Waals surface area contributed by atoms with E-state index >= 15 is 0 Å². The van der Waals surface area contributed by atoms with Crippen molar-refractivity contribution in [1.82, 2.24) is 5.32 Å². The second-order valence-electron chi connectivity index (χ2n) is 6.74. The van der Waals surface area contributed by atoms with E-state index in [-0.39, 0.29) is 0 Å². The summed E-state index contributed by atoms with van der Waals surface area (Å²) in [6.07, 6.45) is 13.5. The van der Waals surface area contributed by atoms with Gasteiger partial charge in [-0.2, -0.15) is 0 Å². The van der Waals surface area contributed by atoms with E-state index in [9.17, 15) is 0 Å². The van der Waals surface area contributed by atoms with Crippen LogP contribution in [-0.2, 0) is 0 Å². The Morgan fingerprint density at radius 3 is 2.44 bits per heavy atom. The average molecular weight is 251 g/mol. The van der Waals surface area contributed by atoms with Crippen molar-refractivity contribution in [3.05, 3.63) is 0 Å². The summed E-state index contributed by atoms with van der Waals surface area (Å²) in [5.41, 5.74) is 0. The van der Waals surface area contributed by atoms with E-state index in [4.69, 9.17) is 0 Å². The Labute approximate surface area is 114 Å². The van der Waals surface area contributed by atoms with E-state index in [0.717, 1.165) is 30.2 Å². The molecule has 2 saturated carbocycles. The Morgan fingerprint density at radius 1 is 1.00 bits per heavy atom. The van der Waals surface area contributed by atoms with Gasteiger partial charge in [0, 0.05) is 0 Å². The zero-order valence-corrected chi connectivity index (χ0v) is 12.6. The Hall–Kier alpha value is -0.0400. The number of rotatable bonds is 6. The summed E-state index contributed by atoms with van der Waals surface area (Å²) < 4.78 is 0. The molecule has 3 atom stereocenters. The molecule has 0 saturated heterocycles. The van der Waals surface area contributed by atoms with Crippen LogP contribution in [0.5, 0.6) is 0 Å². The molecule has 2 aliphatic rings. The SMILES string of the molecule is CCCC1CCC(CNCC)C(C2CCCC2)C1. The lowest BCUT2D eigenvalue weighted by atomic mass is 9.67. The first-order valence-corrected chi connectivity index (χ1v) is 8.55. The summed E-state index contributed by atoms with van der Waals surface area (Å²) in [7, 11) is 0. The van der Waals surface area contributed by atoms with E-state index in [1.165, 1.54) is 57.9 Å². The molecule has 3 unspecified atom stereocenters. The molecule has 18 heavy (non-hydrogen) atoms. The minimum atomic E-state index is 0.987. The van der Waals surface area contributed by atoms with Crippen LogP contribution in [0.3, 0.4) is 0 Å². The Balaban J connectivity index is 1.91. The van der Waals surface area contributed by atoms with Crippen molar-refractivity contribution in [3.63, 3.8) is 0 Å².